The lowest BCUT2D eigenvalue weighted by Crippen LogP contribution is -2.26. The Labute approximate surface area is 109 Å². The summed E-state index contributed by atoms with van der Waals surface area (Å²) in [4.78, 5) is 15.4. The highest BCUT2D eigenvalue weighted by molar-refractivity contribution is 5.93. The molecule has 0 bridgehead atoms. The number of hydrogen-bond donors (Lipinski definition) is 1. The first kappa shape index (κ1) is 14.7. The molecule has 0 saturated heterocycles. The molecule has 0 heterocycles. The number of aliphatic hydroxyl groups excluding tert-OH is 1. The Morgan fingerprint density at radius 1 is 1.22 bits per heavy atom. The molecule has 0 aliphatic heterocycles. The number of carbonyl (C=O) groups is 1. The van der Waals surface area contributed by atoms with Crippen molar-refractivity contribution in [3.8, 4) is 0 Å². The monoisotopic (exact) mass is 250 g/mol. The maximum absolute atomic E-state index is 11.7. The second-order valence-electron chi connectivity index (χ2n) is 4.49. The van der Waals surface area contributed by atoms with Crippen LogP contribution in [0.2, 0.25) is 0 Å². The Morgan fingerprint density at radius 3 is 2.28 bits per heavy atom. The molecule has 0 aromatic heterocycles. The Kier molecular flexibility index (Phi) is 5.82. The fraction of sp³-hybridized carbons (Fsp3) is 0.500. The predicted molar refractivity (Wildman–Crippen MR) is 72.5 cm³/mol. The molecular formula is C14H22N2O2. The van der Waals surface area contributed by atoms with Gasteiger partial charge in [-0.25, -0.2) is 0 Å². The Hall–Kier alpha value is -1.39. The molecule has 0 spiro atoms. The molecule has 4 nitrogen and oxygen atoms in total. The third-order valence-corrected chi connectivity index (χ3v) is 2.88. The van der Waals surface area contributed by atoms with Gasteiger partial charge in [0.15, 0.2) is 0 Å². The van der Waals surface area contributed by atoms with E-state index >= 15 is 0 Å². The molecule has 0 fully saturated rings. The van der Waals surface area contributed by atoms with E-state index in [1.807, 2.05) is 24.3 Å². The first-order valence-corrected chi connectivity index (χ1v) is 6.22. The first-order chi connectivity index (χ1) is 8.58. The van der Waals surface area contributed by atoms with Gasteiger partial charge in [0.25, 0.3) is 5.91 Å². The van der Waals surface area contributed by atoms with Gasteiger partial charge in [0, 0.05) is 32.7 Å². The zero-order chi connectivity index (χ0) is 13.5. The van der Waals surface area contributed by atoms with Crippen molar-refractivity contribution < 1.29 is 9.90 Å². The van der Waals surface area contributed by atoms with Crippen molar-refractivity contribution in [3.63, 3.8) is 0 Å². The van der Waals surface area contributed by atoms with Crippen molar-refractivity contribution >= 4 is 5.91 Å². The highest BCUT2D eigenvalue weighted by Gasteiger charge is 2.08. The maximum atomic E-state index is 11.7. The van der Waals surface area contributed by atoms with Crippen molar-refractivity contribution in [1.29, 1.82) is 0 Å². The Morgan fingerprint density at radius 2 is 1.83 bits per heavy atom. The van der Waals surface area contributed by atoms with Crippen LogP contribution in [0.4, 0.5) is 0 Å². The zero-order valence-corrected chi connectivity index (χ0v) is 11.4. The first-order valence-electron chi connectivity index (χ1n) is 6.22. The summed E-state index contributed by atoms with van der Waals surface area (Å²) in [5.74, 6) is 0.0178. The second-order valence-corrected chi connectivity index (χ2v) is 4.49. The van der Waals surface area contributed by atoms with E-state index in [-0.39, 0.29) is 12.5 Å². The van der Waals surface area contributed by atoms with E-state index in [4.69, 9.17) is 5.11 Å². The van der Waals surface area contributed by atoms with E-state index in [1.165, 1.54) is 0 Å². The lowest BCUT2D eigenvalue weighted by Gasteiger charge is -2.19. The van der Waals surface area contributed by atoms with Crippen molar-refractivity contribution in [2.45, 2.75) is 13.5 Å². The molecule has 18 heavy (non-hydrogen) atoms. The highest BCUT2D eigenvalue weighted by atomic mass is 16.3. The van der Waals surface area contributed by atoms with Gasteiger partial charge >= 0.3 is 0 Å². The van der Waals surface area contributed by atoms with E-state index in [1.54, 1.807) is 19.0 Å². The molecule has 1 aromatic carbocycles. The number of aliphatic hydroxyl groups is 1. The summed E-state index contributed by atoms with van der Waals surface area (Å²) < 4.78 is 0. The molecule has 0 saturated carbocycles. The third kappa shape index (κ3) is 4.13. The van der Waals surface area contributed by atoms with Gasteiger partial charge in [0.1, 0.15) is 0 Å². The van der Waals surface area contributed by atoms with Crippen molar-refractivity contribution in [3.05, 3.63) is 35.4 Å². The molecule has 0 atom stereocenters. The number of likely N-dealkylation sites (N-methyl/N-ethyl adjacent to an activating group) is 1. The fourth-order valence-electron chi connectivity index (χ4n) is 1.76. The van der Waals surface area contributed by atoms with Crippen LogP contribution in [0, 0.1) is 0 Å². The van der Waals surface area contributed by atoms with Gasteiger partial charge in [-0.2, -0.15) is 0 Å². The minimum absolute atomic E-state index is 0.0178. The van der Waals surface area contributed by atoms with E-state index in [0.717, 1.165) is 18.7 Å². The third-order valence-electron chi connectivity index (χ3n) is 2.88. The number of benzene rings is 1. The standard InChI is InChI=1S/C14H22N2O2/c1-4-16(9-10-17)11-12-5-7-13(8-6-12)14(18)15(2)3/h5-8,17H,4,9-11H2,1-3H3. The summed E-state index contributed by atoms with van der Waals surface area (Å²) >= 11 is 0. The summed E-state index contributed by atoms with van der Waals surface area (Å²) in [6.45, 7) is 4.62. The van der Waals surface area contributed by atoms with Gasteiger partial charge in [-0.1, -0.05) is 19.1 Å². The van der Waals surface area contributed by atoms with Gasteiger partial charge in [-0.15, -0.1) is 0 Å². The normalized spacial score (nSPS) is 10.7. The van der Waals surface area contributed by atoms with Crippen LogP contribution in [0.25, 0.3) is 0 Å². The summed E-state index contributed by atoms with van der Waals surface area (Å²) in [7, 11) is 3.49. The fourth-order valence-corrected chi connectivity index (χ4v) is 1.76. The van der Waals surface area contributed by atoms with Crippen LogP contribution in [-0.2, 0) is 6.54 Å². The molecule has 0 radical (unpaired) electrons. The molecule has 1 rings (SSSR count). The second kappa shape index (κ2) is 7.13. The number of amides is 1. The molecule has 0 unspecified atom stereocenters. The van der Waals surface area contributed by atoms with Crippen LogP contribution in [0.15, 0.2) is 24.3 Å². The van der Waals surface area contributed by atoms with Crippen LogP contribution in [0.5, 0.6) is 0 Å². The van der Waals surface area contributed by atoms with Crippen LogP contribution >= 0.6 is 0 Å². The van der Waals surface area contributed by atoms with Crippen LogP contribution in [-0.4, -0.2) is 54.6 Å². The van der Waals surface area contributed by atoms with E-state index < -0.39 is 0 Å². The van der Waals surface area contributed by atoms with Crippen molar-refractivity contribution in [2.75, 3.05) is 33.8 Å². The minimum Gasteiger partial charge on any atom is -0.395 e. The predicted octanol–water partition coefficient (Wildman–Crippen LogP) is 1.20. The molecule has 0 aliphatic rings. The van der Waals surface area contributed by atoms with E-state index in [9.17, 15) is 4.79 Å². The van der Waals surface area contributed by atoms with Gasteiger partial charge in [-0.05, 0) is 24.2 Å². The Bertz CT molecular complexity index is 374. The Balaban J connectivity index is 2.68. The molecule has 1 N–H and O–H groups in total. The summed E-state index contributed by atoms with van der Waals surface area (Å²) in [5, 5.41) is 8.93. The summed E-state index contributed by atoms with van der Waals surface area (Å²) in [6, 6.07) is 7.64. The molecule has 1 aromatic rings. The summed E-state index contributed by atoms with van der Waals surface area (Å²) in [6.07, 6.45) is 0. The van der Waals surface area contributed by atoms with Crippen molar-refractivity contribution in [2.24, 2.45) is 0 Å². The number of rotatable bonds is 6. The smallest absolute Gasteiger partial charge is 0.253 e. The highest BCUT2D eigenvalue weighted by Crippen LogP contribution is 2.08. The van der Waals surface area contributed by atoms with Gasteiger partial charge in [0.05, 0.1) is 6.61 Å². The van der Waals surface area contributed by atoms with Gasteiger partial charge in [-0.3, -0.25) is 9.69 Å². The average Bonchev–Trinajstić information content (AvgIpc) is 2.38. The maximum Gasteiger partial charge on any atom is 0.253 e. The average molecular weight is 250 g/mol. The minimum atomic E-state index is 0.0178. The van der Waals surface area contributed by atoms with Crippen LogP contribution in [0.3, 0.4) is 0 Å². The van der Waals surface area contributed by atoms with Crippen molar-refractivity contribution in [1.82, 2.24) is 9.80 Å². The lowest BCUT2D eigenvalue weighted by atomic mass is 10.1. The molecular weight excluding hydrogens is 228 g/mol. The number of nitrogens with zero attached hydrogens (tertiary/aromatic N) is 2. The molecule has 0 aliphatic carbocycles. The lowest BCUT2D eigenvalue weighted by molar-refractivity contribution is 0.0827. The van der Waals surface area contributed by atoms with E-state index in [0.29, 0.717) is 12.1 Å². The van der Waals surface area contributed by atoms with Crippen LogP contribution < -0.4 is 0 Å². The number of hydrogen-bond acceptors (Lipinski definition) is 3. The molecule has 100 valence electrons. The van der Waals surface area contributed by atoms with Gasteiger partial charge < -0.3 is 10.0 Å². The zero-order valence-electron chi connectivity index (χ0n) is 11.4. The van der Waals surface area contributed by atoms with E-state index in [2.05, 4.69) is 11.8 Å². The quantitative estimate of drug-likeness (QED) is 0.825. The topological polar surface area (TPSA) is 43.8 Å². The molecule has 4 heteroatoms. The molecule has 1 amide bonds. The van der Waals surface area contributed by atoms with Gasteiger partial charge in [0.2, 0.25) is 0 Å². The van der Waals surface area contributed by atoms with Crippen LogP contribution in [0.1, 0.15) is 22.8 Å². The number of carbonyl (C=O) groups excluding carboxylic acids is 1. The largest absolute Gasteiger partial charge is 0.395 e. The SMILES string of the molecule is CCN(CCO)Cc1ccc(C(=O)N(C)C)cc1. The summed E-state index contributed by atoms with van der Waals surface area (Å²) in [5.41, 5.74) is 1.86.